The van der Waals surface area contributed by atoms with Gasteiger partial charge in [0.1, 0.15) is 0 Å². The molecule has 0 bridgehead atoms. The van der Waals surface area contributed by atoms with Crippen LogP contribution in [-0.2, 0) is 0 Å². The van der Waals surface area contributed by atoms with Crippen molar-refractivity contribution in [2.24, 2.45) is 0 Å². The molecule has 0 fully saturated rings. The molecule has 0 saturated heterocycles. The molecule has 0 aromatic carbocycles. The van der Waals surface area contributed by atoms with Crippen LogP contribution in [0.25, 0.3) is 0 Å². The van der Waals surface area contributed by atoms with E-state index in [-0.39, 0.29) is 5.54 Å². The van der Waals surface area contributed by atoms with E-state index in [1.165, 1.54) is 19.0 Å². The van der Waals surface area contributed by atoms with Crippen LogP contribution >= 0.6 is 19.0 Å². The van der Waals surface area contributed by atoms with E-state index in [1.54, 1.807) is 0 Å². The molecule has 0 unspecified atom stereocenters. The Kier molecular flexibility index (Phi) is 5.06. The standard InChI is InChI=1S/C9H23ClNP/c1-9(2,11-10)7-6-8-12(3,4)5/h11-12H,6-8H2,1-5H3. The van der Waals surface area contributed by atoms with E-state index in [0.29, 0.717) is 0 Å². The van der Waals surface area contributed by atoms with Crippen molar-refractivity contribution in [2.75, 3.05) is 26.2 Å². The summed E-state index contributed by atoms with van der Waals surface area (Å²) in [7, 11) is -0.841. The molecule has 1 nitrogen and oxygen atoms in total. The Morgan fingerprint density at radius 1 is 1.25 bits per heavy atom. The molecule has 0 aliphatic heterocycles. The van der Waals surface area contributed by atoms with Gasteiger partial charge in [-0.25, -0.2) is 0 Å². The average molecular weight is 212 g/mol. The second-order valence-electron chi connectivity index (χ2n) is 5.39. The zero-order chi connectivity index (χ0) is 9.83. The summed E-state index contributed by atoms with van der Waals surface area (Å²) in [4.78, 5) is 2.82. The van der Waals surface area contributed by atoms with Gasteiger partial charge in [-0.15, -0.1) is 0 Å². The molecule has 0 aromatic rings. The number of hydrogen-bond donors (Lipinski definition) is 1. The first-order valence-corrected chi connectivity index (χ1v) is 8.73. The van der Waals surface area contributed by atoms with Gasteiger partial charge in [0.25, 0.3) is 0 Å². The fourth-order valence-electron chi connectivity index (χ4n) is 1.11. The Morgan fingerprint density at radius 3 is 2.08 bits per heavy atom. The van der Waals surface area contributed by atoms with Gasteiger partial charge >= 0.3 is 82.3 Å². The van der Waals surface area contributed by atoms with Crippen molar-refractivity contribution in [1.82, 2.24) is 4.84 Å². The second-order valence-corrected chi connectivity index (χ2v) is 11.2. The van der Waals surface area contributed by atoms with Crippen LogP contribution in [0.1, 0.15) is 26.7 Å². The number of halogens is 1. The normalized spacial score (nSPS) is 14.8. The van der Waals surface area contributed by atoms with Crippen molar-refractivity contribution in [2.45, 2.75) is 32.2 Å². The fraction of sp³-hybridized carbons (Fsp3) is 1.00. The molecule has 0 spiro atoms. The Labute approximate surface area is 82.7 Å². The number of rotatable bonds is 5. The first-order valence-electron chi connectivity index (χ1n) is 4.65. The topological polar surface area (TPSA) is 12.0 Å². The first kappa shape index (κ1) is 12.7. The van der Waals surface area contributed by atoms with E-state index in [9.17, 15) is 0 Å². The Hall–Kier alpha value is 0.680. The van der Waals surface area contributed by atoms with Gasteiger partial charge in [-0.3, -0.25) is 0 Å². The third-order valence-electron chi connectivity index (χ3n) is 1.98. The van der Waals surface area contributed by atoms with Crippen LogP contribution in [0, 0.1) is 0 Å². The predicted molar refractivity (Wildman–Crippen MR) is 63.3 cm³/mol. The summed E-state index contributed by atoms with van der Waals surface area (Å²) in [6.45, 7) is 11.5. The summed E-state index contributed by atoms with van der Waals surface area (Å²) in [5.74, 6) is 0. The Morgan fingerprint density at radius 2 is 1.75 bits per heavy atom. The van der Waals surface area contributed by atoms with Gasteiger partial charge in [0.15, 0.2) is 0 Å². The zero-order valence-electron chi connectivity index (χ0n) is 9.00. The fourth-order valence-corrected chi connectivity index (χ4v) is 2.44. The molecule has 0 heterocycles. The van der Waals surface area contributed by atoms with Gasteiger partial charge in [-0.05, 0) is 0 Å². The molecule has 3 heteroatoms. The number of nitrogens with one attached hydrogen (secondary N) is 1. The molecular weight excluding hydrogens is 189 g/mol. The van der Waals surface area contributed by atoms with Crippen molar-refractivity contribution in [3.05, 3.63) is 0 Å². The van der Waals surface area contributed by atoms with Crippen LogP contribution in [0.3, 0.4) is 0 Å². The van der Waals surface area contributed by atoms with Gasteiger partial charge in [0, 0.05) is 0 Å². The van der Waals surface area contributed by atoms with E-state index in [4.69, 9.17) is 11.8 Å². The van der Waals surface area contributed by atoms with Crippen LogP contribution < -0.4 is 4.84 Å². The monoisotopic (exact) mass is 211 g/mol. The maximum atomic E-state index is 5.60. The van der Waals surface area contributed by atoms with E-state index >= 15 is 0 Å². The van der Waals surface area contributed by atoms with E-state index in [2.05, 4.69) is 38.7 Å². The van der Waals surface area contributed by atoms with Gasteiger partial charge < -0.3 is 0 Å². The molecule has 0 aromatic heterocycles. The minimum absolute atomic E-state index is 0.0984. The Bertz CT molecular complexity index is 129. The van der Waals surface area contributed by atoms with Crippen molar-refractivity contribution in [1.29, 1.82) is 0 Å². The van der Waals surface area contributed by atoms with E-state index in [1.807, 2.05) is 0 Å². The van der Waals surface area contributed by atoms with Crippen LogP contribution in [0.2, 0.25) is 0 Å². The molecule has 0 rings (SSSR count). The van der Waals surface area contributed by atoms with Gasteiger partial charge in [0.2, 0.25) is 0 Å². The molecule has 0 saturated carbocycles. The first-order chi connectivity index (χ1) is 5.27. The molecule has 0 aliphatic carbocycles. The van der Waals surface area contributed by atoms with Crippen LogP contribution in [0.5, 0.6) is 0 Å². The average Bonchev–Trinajstić information content (AvgIpc) is 1.84. The van der Waals surface area contributed by atoms with Crippen molar-refractivity contribution in [3.8, 4) is 0 Å². The predicted octanol–water partition coefficient (Wildman–Crippen LogP) is 2.93. The second kappa shape index (κ2) is 4.79. The summed E-state index contributed by atoms with van der Waals surface area (Å²) in [6, 6.07) is 0. The Balaban J connectivity index is 3.57. The number of hydrogen-bond acceptors (Lipinski definition) is 1. The van der Waals surface area contributed by atoms with Crippen LogP contribution in [-0.4, -0.2) is 31.7 Å². The van der Waals surface area contributed by atoms with E-state index in [0.717, 1.165) is 0 Å². The molecular formula is C9H23ClNP. The molecule has 0 amide bonds. The maximum absolute atomic E-state index is 5.60. The van der Waals surface area contributed by atoms with Crippen LogP contribution in [0.4, 0.5) is 0 Å². The molecule has 76 valence electrons. The van der Waals surface area contributed by atoms with Gasteiger partial charge in [0.05, 0.1) is 0 Å². The van der Waals surface area contributed by atoms with Crippen molar-refractivity contribution < 1.29 is 0 Å². The van der Waals surface area contributed by atoms with Crippen LogP contribution in [0.15, 0.2) is 0 Å². The summed E-state index contributed by atoms with van der Waals surface area (Å²) in [5, 5.41) is 0. The molecule has 0 radical (unpaired) electrons. The quantitative estimate of drug-likeness (QED) is 0.545. The summed E-state index contributed by atoms with van der Waals surface area (Å²) >= 11 is 5.60. The minimum atomic E-state index is -0.841. The molecule has 0 atom stereocenters. The van der Waals surface area contributed by atoms with Gasteiger partial charge in [-0.2, -0.15) is 0 Å². The zero-order valence-corrected chi connectivity index (χ0v) is 10.8. The van der Waals surface area contributed by atoms with E-state index < -0.39 is 7.26 Å². The third kappa shape index (κ3) is 7.34. The van der Waals surface area contributed by atoms with Gasteiger partial charge in [-0.1, -0.05) is 0 Å². The summed E-state index contributed by atoms with van der Waals surface area (Å²) in [6.07, 6.45) is 3.86. The molecule has 0 aliphatic rings. The van der Waals surface area contributed by atoms with Crippen molar-refractivity contribution in [3.63, 3.8) is 0 Å². The molecule has 12 heavy (non-hydrogen) atoms. The SMILES string of the molecule is CC(C)(CCC[PH](C)(C)C)NCl. The van der Waals surface area contributed by atoms with Crippen molar-refractivity contribution >= 4 is 19.0 Å². The third-order valence-corrected chi connectivity index (χ3v) is 4.35. The summed E-state index contributed by atoms with van der Waals surface area (Å²) in [5.41, 5.74) is 0.0984. The molecule has 1 N–H and O–H groups in total. The summed E-state index contributed by atoms with van der Waals surface area (Å²) < 4.78 is 0.